The third-order valence-electron chi connectivity index (χ3n) is 6.23. The van der Waals surface area contributed by atoms with Crippen LogP contribution in [-0.2, 0) is 12.8 Å². The molecule has 0 saturated carbocycles. The van der Waals surface area contributed by atoms with Crippen molar-refractivity contribution in [1.82, 2.24) is 4.98 Å². The van der Waals surface area contributed by atoms with Crippen LogP contribution >= 0.6 is 0 Å². The number of rotatable bonds is 9. The number of carboxylic acids is 1. The van der Waals surface area contributed by atoms with E-state index in [1.165, 1.54) is 5.56 Å². The summed E-state index contributed by atoms with van der Waals surface area (Å²) in [7, 11) is 0. The van der Waals surface area contributed by atoms with Gasteiger partial charge in [0.1, 0.15) is 11.4 Å². The number of hydrogen-bond acceptors (Lipinski definition) is 2. The zero-order valence-electron chi connectivity index (χ0n) is 19.4. The SMILES string of the molecule is O=C(O)c1[nH]c2ccc(/C=C/Cc3ccccc3)cc2c1CCCOc1cccc2ccccc12. The van der Waals surface area contributed by atoms with E-state index in [0.717, 1.165) is 45.0 Å². The number of nitrogens with one attached hydrogen (secondary N) is 1. The van der Waals surface area contributed by atoms with Crippen molar-refractivity contribution in [3.05, 3.63) is 119 Å². The van der Waals surface area contributed by atoms with Gasteiger partial charge in [-0.2, -0.15) is 0 Å². The average Bonchev–Trinajstić information content (AvgIpc) is 3.25. The summed E-state index contributed by atoms with van der Waals surface area (Å²) < 4.78 is 6.08. The summed E-state index contributed by atoms with van der Waals surface area (Å²) in [5, 5.41) is 13.0. The fourth-order valence-electron chi connectivity index (χ4n) is 4.51. The molecule has 0 saturated heterocycles. The summed E-state index contributed by atoms with van der Waals surface area (Å²) in [6.07, 6.45) is 6.41. The van der Waals surface area contributed by atoms with Gasteiger partial charge >= 0.3 is 5.97 Å². The Hall–Kier alpha value is -4.31. The van der Waals surface area contributed by atoms with Crippen LogP contribution in [0.2, 0.25) is 0 Å². The number of hydrogen-bond donors (Lipinski definition) is 2. The summed E-state index contributed by atoms with van der Waals surface area (Å²) in [5.74, 6) is -0.0846. The van der Waals surface area contributed by atoms with Crippen molar-refractivity contribution < 1.29 is 14.6 Å². The van der Waals surface area contributed by atoms with E-state index in [9.17, 15) is 9.90 Å². The lowest BCUT2D eigenvalue weighted by molar-refractivity contribution is 0.0690. The Morgan fingerprint density at radius 2 is 1.69 bits per heavy atom. The van der Waals surface area contributed by atoms with Gasteiger partial charge in [-0.1, -0.05) is 84.9 Å². The van der Waals surface area contributed by atoms with Gasteiger partial charge in [-0.25, -0.2) is 4.79 Å². The molecular weight excluding hydrogens is 434 g/mol. The van der Waals surface area contributed by atoms with Gasteiger partial charge in [0.25, 0.3) is 0 Å². The number of carboxylic acid groups (broad SMARTS) is 1. The van der Waals surface area contributed by atoms with Gasteiger partial charge in [-0.3, -0.25) is 0 Å². The molecule has 174 valence electrons. The predicted octanol–water partition coefficient (Wildman–Crippen LogP) is 7.29. The number of aromatic amines is 1. The smallest absolute Gasteiger partial charge is 0.352 e. The van der Waals surface area contributed by atoms with Gasteiger partial charge in [0.2, 0.25) is 0 Å². The van der Waals surface area contributed by atoms with Crippen LogP contribution in [0.5, 0.6) is 5.75 Å². The van der Waals surface area contributed by atoms with Crippen molar-refractivity contribution in [1.29, 1.82) is 0 Å². The zero-order valence-corrected chi connectivity index (χ0v) is 19.4. The normalized spacial score (nSPS) is 11.4. The Morgan fingerprint density at radius 3 is 2.54 bits per heavy atom. The van der Waals surface area contributed by atoms with Crippen LogP contribution in [0, 0.1) is 0 Å². The molecule has 0 atom stereocenters. The third-order valence-corrected chi connectivity index (χ3v) is 6.23. The van der Waals surface area contributed by atoms with Crippen LogP contribution in [0.4, 0.5) is 0 Å². The minimum atomic E-state index is -0.938. The Morgan fingerprint density at radius 1 is 0.886 bits per heavy atom. The molecule has 0 amide bonds. The Labute approximate surface area is 204 Å². The number of carbonyl (C=O) groups is 1. The van der Waals surface area contributed by atoms with E-state index in [1.807, 2.05) is 54.6 Å². The fourth-order valence-corrected chi connectivity index (χ4v) is 4.51. The highest BCUT2D eigenvalue weighted by Crippen LogP contribution is 2.28. The van der Waals surface area contributed by atoms with Crippen molar-refractivity contribution in [2.45, 2.75) is 19.3 Å². The van der Waals surface area contributed by atoms with E-state index in [0.29, 0.717) is 19.4 Å². The third kappa shape index (κ3) is 5.12. The maximum atomic E-state index is 11.9. The van der Waals surface area contributed by atoms with Gasteiger partial charge in [-0.05, 0) is 59.5 Å². The van der Waals surface area contributed by atoms with Crippen molar-refractivity contribution >= 4 is 33.7 Å². The molecule has 0 unspecified atom stereocenters. The minimum absolute atomic E-state index is 0.260. The highest BCUT2D eigenvalue weighted by molar-refractivity contribution is 5.98. The Kier molecular flexibility index (Phi) is 6.62. The first-order chi connectivity index (χ1) is 17.2. The van der Waals surface area contributed by atoms with Crippen molar-refractivity contribution in [2.24, 2.45) is 0 Å². The number of allylic oxidation sites excluding steroid dienone is 1. The predicted molar refractivity (Wildman–Crippen MR) is 142 cm³/mol. The van der Waals surface area contributed by atoms with E-state index in [-0.39, 0.29) is 5.69 Å². The lowest BCUT2D eigenvalue weighted by Gasteiger charge is -2.09. The number of ether oxygens (including phenoxy) is 1. The highest BCUT2D eigenvalue weighted by atomic mass is 16.5. The molecule has 0 aliphatic carbocycles. The summed E-state index contributed by atoms with van der Waals surface area (Å²) in [6, 6.07) is 30.5. The summed E-state index contributed by atoms with van der Waals surface area (Å²) in [4.78, 5) is 15.0. The van der Waals surface area contributed by atoms with Crippen molar-refractivity contribution in [3.63, 3.8) is 0 Å². The molecule has 1 aromatic heterocycles. The minimum Gasteiger partial charge on any atom is -0.493 e. The maximum absolute atomic E-state index is 11.9. The summed E-state index contributed by atoms with van der Waals surface area (Å²) >= 11 is 0. The molecule has 0 bridgehead atoms. The topological polar surface area (TPSA) is 62.3 Å². The van der Waals surface area contributed by atoms with Gasteiger partial charge in [0.15, 0.2) is 0 Å². The molecule has 4 nitrogen and oxygen atoms in total. The first kappa shape index (κ1) is 22.5. The van der Waals surface area contributed by atoms with Crippen molar-refractivity contribution in [2.75, 3.05) is 6.61 Å². The van der Waals surface area contributed by atoms with Crippen LogP contribution < -0.4 is 4.74 Å². The molecule has 1 heterocycles. The number of benzene rings is 4. The monoisotopic (exact) mass is 461 g/mol. The number of aromatic carboxylic acids is 1. The largest absolute Gasteiger partial charge is 0.493 e. The van der Waals surface area contributed by atoms with E-state index >= 15 is 0 Å². The van der Waals surface area contributed by atoms with Gasteiger partial charge in [-0.15, -0.1) is 0 Å². The molecule has 2 N–H and O–H groups in total. The zero-order chi connectivity index (χ0) is 24.0. The second-order valence-electron chi connectivity index (χ2n) is 8.61. The molecule has 5 rings (SSSR count). The summed E-state index contributed by atoms with van der Waals surface area (Å²) in [5.41, 5.74) is 4.24. The van der Waals surface area contributed by atoms with Crippen molar-refractivity contribution in [3.8, 4) is 5.75 Å². The molecule has 0 aliphatic heterocycles. The van der Waals surface area contributed by atoms with E-state index < -0.39 is 5.97 Å². The number of fused-ring (bicyclic) bond motifs is 2. The van der Waals surface area contributed by atoms with Crippen LogP contribution in [-0.4, -0.2) is 22.7 Å². The average molecular weight is 462 g/mol. The van der Waals surface area contributed by atoms with E-state index in [4.69, 9.17) is 4.74 Å². The Bertz CT molecular complexity index is 1490. The number of aromatic nitrogens is 1. The van der Waals surface area contributed by atoms with Crippen LogP contribution in [0.25, 0.3) is 27.8 Å². The van der Waals surface area contributed by atoms with E-state index in [1.54, 1.807) is 0 Å². The molecule has 0 aliphatic rings. The summed E-state index contributed by atoms with van der Waals surface area (Å²) in [6.45, 7) is 0.510. The second-order valence-corrected chi connectivity index (χ2v) is 8.61. The molecule has 0 spiro atoms. The molecule has 5 aromatic rings. The van der Waals surface area contributed by atoms with E-state index in [2.05, 4.69) is 53.5 Å². The van der Waals surface area contributed by atoms with Gasteiger partial charge in [0, 0.05) is 16.3 Å². The van der Waals surface area contributed by atoms with Crippen LogP contribution in [0.3, 0.4) is 0 Å². The number of aryl methyl sites for hydroxylation is 1. The van der Waals surface area contributed by atoms with Gasteiger partial charge < -0.3 is 14.8 Å². The molecule has 0 radical (unpaired) electrons. The first-order valence-corrected chi connectivity index (χ1v) is 11.9. The first-order valence-electron chi connectivity index (χ1n) is 11.9. The standard InChI is InChI=1S/C31H27NO3/c33-31(34)30-26(16-8-20-35-29-17-7-14-24-13-4-5-15-25(24)29)27-21-23(18-19-28(27)32-30)12-6-11-22-9-2-1-3-10-22/h1-7,9-10,12-15,17-19,21,32H,8,11,16,20H2,(H,33,34)/b12-6+. The highest BCUT2D eigenvalue weighted by Gasteiger charge is 2.17. The lowest BCUT2D eigenvalue weighted by atomic mass is 10.0. The maximum Gasteiger partial charge on any atom is 0.352 e. The quantitative estimate of drug-likeness (QED) is 0.227. The molecule has 35 heavy (non-hydrogen) atoms. The molecular formula is C31H27NO3. The second kappa shape index (κ2) is 10.3. The molecule has 4 aromatic carbocycles. The molecule has 4 heteroatoms. The molecule has 0 fully saturated rings. The number of H-pyrrole nitrogens is 1. The van der Waals surface area contributed by atoms with Gasteiger partial charge in [0.05, 0.1) is 6.61 Å². The van der Waals surface area contributed by atoms with Crippen LogP contribution in [0.1, 0.15) is 33.6 Å². The lowest BCUT2D eigenvalue weighted by Crippen LogP contribution is -2.04. The fraction of sp³-hybridized carbons (Fsp3) is 0.129. The van der Waals surface area contributed by atoms with Crippen LogP contribution in [0.15, 0.2) is 97.1 Å². The Balaban J connectivity index is 1.31.